The van der Waals surface area contributed by atoms with Crippen LogP contribution in [-0.2, 0) is 31.5 Å². The smallest absolute Gasteiger partial charge is 0.323 e. The van der Waals surface area contributed by atoms with Gasteiger partial charge < -0.3 is 9.72 Å². The SMILES string of the molecule is CCOC(=O)[C@@H]1Cc2c([nH]c3ccccc23)C2(CN(S(=O)(=O)c3ccc(C)cc3)C2)N1. The summed E-state index contributed by atoms with van der Waals surface area (Å²) in [5, 5.41) is 4.48. The van der Waals surface area contributed by atoms with E-state index in [1.165, 1.54) is 4.31 Å². The number of ether oxygens (including phenoxy) is 1. The number of carbonyl (C=O) groups excluding carboxylic acids is 1. The average molecular weight is 440 g/mol. The van der Waals surface area contributed by atoms with E-state index in [2.05, 4.69) is 10.3 Å². The van der Waals surface area contributed by atoms with Crippen LogP contribution in [0.1, 0.15) is 23.7 Å². The zero-order valence-corrected chi connectivity index (χ0v) is 18.3. The van der Waals surface area contributed by atoms with Crippen molar-refractivity contribution in [3.05, 3.63) is 65.4 Å². The first-order valence-electron chi connectivity index (χ1n) is 10.5. The second-order valence-corrected chi connectivity index (χ2v) is 10.3. The molecule has 1 spiro atoms. The average Bonchev–Trinajstić information content (AvgIpc) is 3.11. The lowest BCUT2D eigenvalue weighted by atomic mass is 9.79. The highest BCUT2D eigenvalue weighted by atomic mass is 32.2. The number of nitrogens with zero attached hydrogens (tertiary/aromatic N) is 1. The topological polar surface area (TPSA) is 91.5 Å². The summed E-state index contributed by atoms with van der Waals surface area (Å²) in [6.07, 6.45) is 0.505. The first-order chi connectivity index (χ1) is 14.8. The number of para-hydroxylation sites is 1. The minimum Gasteiger partial charge on any atom is -0.465 e. The van der Waals surface area contributed by atoms with Crippen LogP contribution in [0.25, 0.3) is 10.9 Å². The fraction of sp³-hybridized carbons (Fsp3) is 0.348. The molecule has 1 saturated heterocycles. The lowest BCUT2D eigenvalue weighted by Crippen LogP contribution is -2.72. The Bertz CT molecular complexity index is 1260. The molecule has 1 atom stereocenters. The van der Waals surface area contributed by atoms with Gasteiger partial charge in [-0.15, -0.1) is 0 Å². The maximum atomic E-state index is 13.2. The van der Waals surface area contributed by atoms with Gasteiger partial charge in [-0.1, -0.05) is 35.9 Å². The zero-order chi connectivity index (χ0) is 21.8. The fourth-order valence-corrected chi connectivity index (χ4v) is 6.26. The molecule has 3 heterocycles. The highest BCUT2D eigenvalue weighted by Gasteiger charge is 2.55. The van der Waals surface area contributed by atoms with E-state index < -0.39 is 21.6 Å². The molecule has 0 bridgehead atoms. The van der Waals surface area contributed by atoms with E-state index in [1.807, 2.05) is 31.2 Å². The van der Waals surface area contributed by atoms with Crippen molar-refractivity contribution >= 4 is 26.9 Å². The van der Waals surface area contributed by atoms with Crippen LogP contribution in [0.5, 0.6) is 0 Å². The molecule has 0 unspecified atom stereocenters. The summed E-state index contributed by atoms with van der Waals surface area (Å²) in [7, 11) is -3.61. The van der Waals surface area contributed by atoms with Crippen LogP contribution in [0.4, 0.5) is 0 Å². The minimum absolute atomic E-state index is 0.249. The third kappa shape index (κ3) is 3.17. The van der Waals surface area contributed by atoms with Crippen LogP contribution in [0.3, 0.4) is 0 Å². The molecule has 0 aliphatic carbocycles. The molecule has 0 radical (unpaired) electrons. The number of hydrogen-bond donors (Lipinski definition) is 2. The second-order valence-electron chi connectivity index (χ2n) is 8.35. The molecule has 3 aromatic rings. The van der Waals surface area contributed by atoms with Gasteiger partial charge >= 0.3 is 5.97 Å². The number of rotatable bonds is 4. The Morgan fingerprint density at radius 3 is 2.58 bits per heavy atom. The number of sulfonamides is 1. The van der Waals surface area contributed by atoms with Gasteiger partial charge in [-0.25, -0.2) is 8.42 Å². The molecule has 162 valence electrons. The summed E-state index contributed by atoms with van der Waals surface area (Å²) < 4.78 is 33.0. The number of aromatic nitrogens is 1. The van der Waals surface area contributed by atoms with Crippen molar-refractivity contribution in [2.24, 2.45) is 0 Å². The van der Waals surface area contributed by atoms with E-state index in [0.717, 1.165) is 27.7 Å². The van der Waals surface area contributed by atoms with E-state index in [-0.39, 0.29) is 24.0 Å². The summed E-state index contributed by atoms with van der Waals surface area (Å²) in [5.74, 6) is -0.308. The summed E-state index contributed by atoms with van der Waals surface area (Å²) in [4.78, 5) is 16.4. The Kier molecular flexibility index (Phi) is 4.69. The Labute approximate surface area is 181 Å². The summed E-state index contributed by atoms with van der Waals surface area (Å²) in [5.41, 5.74) is 3.36. The number of nitrogens with one attached hydrogen (secondary N) is 2. The predicted molar refractivity (Wildman–Crippen MR) is 117 cm³/mol. The molecule has 5 rings (SSSR count). The highest BCUT2D eigenvalue weighted by molar-refractivity contribution is 7.89. The van der Waals surface area contributed by atoms with Gasteiger partial charge in [-0.3, -0.25) is 10.1 Å². The number of aryl methyl sites for hydroxylation is 1. The van der Waals surface area contributed by atoms with Crippen molar-refractivity contribution in [2.45, 2.75) is 36.7 Å². The maximum Gasteiger partial charge on any atom is 0.323 e. The Morgan fingerprint density at radius 1 is 1.16 bits per heavy atom. The number of benzene rings is 2. The molecule has 8 heteroatoms. The van der Waals surface area contributed by atoms with Crippen LogP contribution in [0.15, 0.2) is 53.4 Å². The van der Waals surface area contributed by atoms with Crippen molar-refractivity contribution < 1.29 is 17.9 Å². The molecular formula is C23H25N3O4S. The molecule has 1 aromatic heterocycles. The number of fused-ring (bicyclic) bond motifs is 4. The number of aromatic amines is 1. The summed E-state index contributed by atoms with van der Waals surface area (Å²) >= 11 is 0. The van der Waals surface area contributed by atoms with E-state index >= 15 is 0 Å². The highest BCUT2D eigenvalue weighted by Crippen LogP contribution is 2.42. The number of H-pyrrole nitrogens is 1. The van der Waals surface area contributed by atoms with Gasteiger partial charge in [-0.2, -0.15) is 4.31 Å². The standard InChI is InChI=1S/C23H25N3O4S/c1-3-30-22(27)20-12-18-17-6-4-5-7-19(17)24-21(18)23(25-20)13-26(14-23)31(28,29)16-10-8-15(2)9-11-16/h4-11,20,24-25H,3,12-14H2,1-2H3/t20-/m0/s1. The van der Waals surface area contributed by atoms with E-state index in [4.69, 9.17) is 4.74 Å². The normalized spacial score (nSPS) is 20.4. The third-order valence-corrected chi connectivity index (χ3v) is 8.08. The van der Waals surface area contributed by atoms with Crippen molar-refractivity contribution in [2.75, 3.05) is 19.7 Å². The van der Waals surface area contributed by atoms with E-state index in [0.29, 0.717) is 13.0 Å². The lowest BCUT2D eigenvalue weighted by Gasteiger charge is -2.52. The fourth-order valence-electron chi connectivity index (χ4n) is 4.70. The largest absolute Gasteiger partial charge is 0.465 e. The molecule has 7 nitrogen and oxygen atoms in total. The van der Waals surface area contributed by atoms with Gasteiger partial charge in [0.05, 0.1) is 17.0 Å². The van der Waals surface area contributed by atoms with Crippen LogP contribution < -0.4 is 5.32 Å². The van der Waals surface area contributed by atoms with Crippen LogP contribution >= 0.6 is 0 Å². The summed E-state index contributed by atoms with van der Waals surface area (Å²) in [6.45, 7) is 4.51. The van der Waals surface area contributed by atoms with Crippen molar-refractivity contribution in [3.8, 4) is 0 Å². The molecule has 1 fully saturated rings. The summed E-state index contributed by atoms with van der Waals surface area (Å²) in [6, 6.07) is 14.3. The van der Waals surface area contributed by atoms with Crippen molar-refractivity contribution in [1.82, 2.24) is 14.6 Å². The molecular weight excluding hydrogens is 414 g/mol. The Morgan fingerprint density at radius 2 is 1.87 bits per heavy atom. The molecule has 0 saturated carbocycles. The zero-order valence-electron chi connectivity index (χ0n) is 17.5. The molecule has 0 amide bonds. The Balaban J connectivity index is 1.51. The van der Waals surface area contributed by atoms with Crippen LogP contribution in [0, 0.1) is 6.92 Å². The molecule has 2 aliphatic heterocycles. The Hall–Kier alpha value is -2.68. The van der Waals surface area contributed by atoms with Gasteiger partial charge in [0, 0.05) is 36.1 Å². The first kappa shape index (κ1) is 20.2. The molecule has 2 aromatic carbocycles. The van der Waals surface area contributed by atoms with Gasteiger partial charge in [0.2, 0.25) is 10.0 Å². The second kappa shape index (κ2) is 7.19. The maximum absolute atomic E-state index is 13.2. The van der Waals surface area contributed by atoms with Crippen molar-refractivity contribution in [1.29, 1.82) is 0 Å². The van der Waals surface area contributed by atoms with Gasteiger partial charge in [0.15, 0.2) is 0 Å². The van der Waals surface area contributed by atoms with Gasteiger partial charge in [0.1, 0.15) is 6.04 Å². The van der Waals surface area contributed by atoms with Crippen LogP contribution in [-0.4, -0.2) is 49.4 Å². The third-order valence-electron chi connectivity index (χ3n) is 6.27. The first-order valence-corrected chi connectivity index (χ1v) is 11.9. The number of esters is 1. The van der Waals surface area contributed by atoms with Gasteiger partial charge in [-0.05, 0) is 37.6 Å². The van der Waals surface area contributed by atoms with E-state index in [9.17, 15) is 13.2 Å². The molecule has 31 heavy (non-hydrogen) atoms. The predicted octanol–water partition coefficient (Wildman–Crippen LogP) is 2.45. The van der Waals surface area contributed by atoms with Crippen LogP contribution in [0.2, 0.25) is 0 Å². The monoisotopic (exact) mass is 439 g/mol. The molecule has 2 aliphatic rings. The number of hydrogen-bond acceptors (Lipinski definition) is 5. The minimum atomic E-state index is -3.61. The van der Waals surface area contributed by atoms with Crippen molar-refractivity contribution in [3.63, 3.8) is 0 Å². The lowest BCUT2D eigenvalue weighted by molar-refractivity contribution is -0.147. The molecule has 2 N–H and O–H groups in total. The van der Waals surface area contributed by atoms with Gasteiger partial charge in [0.25, 0.3) is 0 Å². The number of carbonyl (C=O) groups is 1. The quantitative estimate of drug-likeness (QED) is 0.610. The van der Waals surface area contributed by atoms with E-state index in [1.54, 1.807) is 31.2 Å².